The molecule has 1 N–H and O–H groups in total. The SMILES string of the molecule is O=C(NC1CCCC1)[C@H](Cc1ccccc1)N(Cc1c(Cl)cccc1Cl)C(=O)COc1ccc2ccccc2c1Br. The topological polar surface area (TPSA) is 58.6 Å². The van der Waals surface area contributed by atoms with E-state index in [1.54, 1.807) is 23.1 Å². The molecule has 0 saturated heterocycles. The van der Waals surface area contributed by atoms with E-state index in [1.807, 2.05) is 66.7 Å². The highest BCUT2D eigenvalue weighted by molar-refractivity contribution is 9.10. The van der Waals surface area contributed by atoms with Crippen molar-refractivity contribution in [2.75, 3.05) is 6.61 Å². The Kier molecular flexibility index (Phi) is 9.86. The van der Waals surface area contributed by atoms with Crippen LogP contribution in [0.4, 0.5) is 0 Å². The number of ether oxygens (including phenoxy) is 1. The second-order valence-electron chi connectivity index (χ2n) is 10.3. The van der Waals surface area contributed by atoms with Gasteiger partial charge in [-0.1, -0.05) is 103 Å². The Morgan fingerprint density at radius 2 is 1.59 bits per heavy atom. The lowest BCUT2D eigenvalue weighted by Gasteiger charge is -2.32. The van der Waals surface area contributed by atoms with Crippen molar-refractivity contribution < 1.29 is 14.3 Å². The number of hydrogen-bond donors (Lipinski definition) is 1. The minimum absolute atomic E-state index is 0.0647. The fourth-order valence-electron chi connectivity index (χ4n) is 5.32. The van der Waals surface area contributed by atoms with Crippen LogP contribution >= 0.6 is 39.1 Å². The van der Waals surface area contributed by atoms with E-state index in [0.717, 1.165) is 46.5 Å². The van der Waals surface area contributed by atoms with E-state index in [4.69, 9.17) is 27.9 Å². The van der Waals surface area contributed by atoms with Crippen molar-refractivity contribution in [3.63, 3.8) is 0 Å². The van der Waals surface area contributed by atoms with Crippen LogP contribution in [0.15, 0.2) is 89.4 Å². The number of nitrogens with one attached hydrogen (secondary N) is 1. The van der Waals surface area contributed by atoms with Gasteiger partial charge in [-0.2, -0.15) is 0 Å². The van der Waals surface area contributed by atoms with E-state index in [2.05, 4.69) is 21.2 Å². The molecule has 0 heterocycles. The van der Waals surface area contributed by atoms with Crippen molar-refractivity contribution in [2.24, 2.45) is 0 Å². The summed E-state index contributed by atoms with van der Waals surface area (Å²) in [5.41, 5.74) is 1.53. The average Bonchev–Trinajstić information content (AvgIpc) is 3.49. The molecule has 1 saturated carbocycles. The molecule has 4 aromatic carbocycles. The zero-order valence-electron chi connectivity index (χ0n) is 22.5. The Balaban J connectivity index is 1.46. The highest BCUT2D eigenvalue weighted by Gasteiger charge is 2.33. The summed E-state index contributed by atoms with van der Waals surface area (Å²) in [5, 5.41) is 6.11. The van der Waals surface area contributed by atoms with Crippen LogP contribution in [0.1, 0.15) is 36.8 Å². The van der Waals surface area contributed by atoms with Gasteiger partial charge in [0.25, 0.3) is 5.91 Å². The van der Waals surface area contributed by atoms with Gasteiger partial charge in [0.05, 0.1) is 4.47 Å². The second kappa shape index (κ2) is 13.7. The largest absolute Gasteiger partial charge is 0.483 e. The molecule has 0 radical (unpaired) electrons. The Hall–Kier alpha value is -3.06. The van der Waals surface area contributed by atoms with E-state index in [0.29, 0.717) is 27.8 Å². The average molecular weight is 654 g/mol. The lowest BCUT2D eigenvalue weighted by molar-refractivity contribution is -0.143. The van der Waals surface area contributed by atoms with Crippen molar-refractivity contribution >= 4 is 61.7 Å². The standard InChI is InChI=1S/C33H31BrCl2N2O3/c34-32-25-14-7-4-11-23(25)17-18-30(32)41-21-31(39)38(20-26-27(35)15-8-16-28(26)36)29(19-22-9-2-1-3-10-22)33(40)37-24-12-5-6-13-24/h1-4,7-11,14-18,24,29H,5-6,12-13,19-21H2,(H,37,40)/t29-/m0/s1. The molecule has 5 rings (SSSR count). The zero-order valence-corrected chi connectivity index (χ0v) is 25.6. The monoisotopic (exact) mass is 652 g/mol. The lowest BCUT2D eigenvalue weighted by Crippen LogP contribution is -2.53. The molecule has 1 aliphatic rings. The Bertz CT molecular complexity index is 1510. The molecule has 1 atom stereocenters. The number of nitrogens with zero attached hydrogens (tertiary/aromatic N) is 1. The van der Waals surface area contributed by atoms with E-state index in [1.165, 1.54) is 0 Å². The van der Waals surface area contributed by atoms with Crippen molar-refractivity contribution in [3.8, 4) is 5.75 Å². The van der Waals surface area contributed by atoms with Gasteiger partial charge >= 0.3 is 0 Å². The molecule has 5 nitrogen and oxygen atoms in total. The van der Waals surface area contributed by atoms with Crippen molar-refractivity contribution in [2.45, 2.75) is 50.7 Å². The quantitative estimate of drug-likeness (QED) is 0.189. The predicted octanol–water partition coefficient (Wildman–Crippen LogP) is 7.99. The molecular formula is C33H31BrCl2N2O3. The Labute approximate surface area is 258 Å². The highest BCUT2D eigenvalue weighted by Crippen LogP contribution is 2.33. The molecular weight excluding hydrogens is 623 g/mol. The number of fused-ring (bicyclic) bond motifs is 1. The van der Waals surface area contributed by atoms with Gasteiger partial charge in [0.2, 0.25) is 5.91 Å². The Morgan fingerprint density at radius 1 is 0.902 bits per heavy atom. The van der Waals surface area contributed by atoms with Crippen LogP contribution in [-0.2, 0) is 22.6 Å². The molecule has 1 aliphatic carbocycles. The summed E-state index contributed by atoms with van der Waals surface area (Å²) >= 11 is 16.7. The summed E-state index contributed by atoms with van der Waals surface area (Å²) in [7, 11) is 0. The van der Waals surface area contributed by atoms with Crippen LogP contribution in [0.25, 0.3) is 10.8 Å². The first-order valence-corrected chi connectivity index (χ1v) is 15.3. The first-order valence-electron chi connectivity index (χ1n) is 13.8. The molecule has 0 bridgehead atoms. The third-order valence-electron chi connectivity index (χ3n) is 7.54. The second-order valence-corrected chi connectivity index (χ2v) is 11.9. The van der Waals surface area contributed by atoms with Crippen LogP contribution < -0.4 is 10.1 Å². The number of carbonyl (C=O) groups is 2. The van der Waals surface area contributed by atoms with Crippen molar-refractivity contribution in [1.82, 2.24) is 10.2 Å². The summed E-state index contributed by atoms with van der Waals surface area (Å²) < 4.78 is 6.83. The molecule has 212 valence electrons. The minimum Gasteiger partial charge on any atom is -0.483 e. The number of rotatable bonds is 10. The molecule has 2 amide bonds. The van der Waals surface area contributed by atoms with E-state index in [9.17, 15) is 9.59 Å². The van der Waals surface area contributed by atoms with Gasteiger partial charge in [0, 0.05) is 34.6 Å². The molecule has 4 aromatic rings. The molecule has 0 aliphatic heterocycles. The molecule has 8 heteroatoms. The summed E-state index contributed by atoms with van der Waals surface area (Å²) in [4.78, 5) is 29.4. The van der Waals surface area contributed by atoms with Crippen LogP contribution in [0, 0.1) is 0 Å². The van der Waals surface area contributed by atoms with Crippen LogP contribution in [-0.4, -0.2) is 35.4 Å². The van der Waals surface area contributed by atoms with Gasteiger partial charge in [-0.3, -0.25) is 9.59 Å². The van der Waals surface area contributed by atoms with Gasteiger partial charge in [-0.25, -0.2) is 0 Å². The maximum absolute atomic E-state index is 14.0. The molecule has 0 spiro atoms. The summed E-state index contributed by atoms with van der Waals surface area (Å²) in [6, 6.07) is 26.0. The molecule has 0 aromatic heterocycles. The number of carbonyl (C=O) groups excluding carboxylic acids is 2. The predicted molar refractivity (Wildman–Crippen MR) is 168 cm³/mol. The Morgan fingerprint density at radius 3 is 2.32 bits per heavy atom. The van der Waals surface area contributed by atoms with E-state index in [-0.39, 0.29) is 31.0 Å². The molecule has 41 heavy (non-hydrogen) atoms. The zero-order chi connectivity index (χ0) is 28.8. The van der Waals surface area contributed by atoms with Gasteiger partial charge in [0.15, 0.2) is 6.61 Å². The van der Waals surface area contributed by atoms with E-state index < -0.39 is 6.04 Å². The number of benzene rings is 4. The van der Waals surface area contributed by atoms with Gasteiger partial charge in [-0.15, -0.1) is 0 Å². The smallest absolute Gasteiger partial charge is 0.261 e. The lowest BCUT2D eigenvalue weighted by atomic mass is 10.0. The van der Waals surface area contributed by atoms with E-state index >= 15 is 0 Å². The summed E-state index contributed by atoms with van der Waals surface area (Å²) in [6.07, 6.45) is 4.38. The normalized spacial score (nSPS) is 14.1. The van der Waals surface area contributed by atoms with Gasteiger partial charge < -0.3 is 15.0 Å². The van der Waals surface area contributed by atoms with Gasteiger partial charge in [-0.05, 0) is 63.3 Å². The molecule has 1 fully saturated rings. The number of hydrogen-bond acceptors (Lipinski definition) is 3. The first-order chi connectivity index (χ1) is 19.9. The number of amides is 2. The summed E-state index contributed by atoms with van der Waals surface area (Å²) in [5.74, 6) is 0.00973. The first kappa shape index (κ1) is 29.4. The third kappa shape index (κ3) is 7.24. The minimum atomic E-state index is -0.790. The maximum Gasteiger partial charge on any atom is 0.261 e. The van der Waals surface area contributed by atoms with Gasteiger partial charge in [0.1, 0.15) is 11.8 Å². The third-order valence-corrected chi connectivity index (χ3v) is 9.07. The van der Waals surface area contributed by atoms with Crippen molar-refractivity contribution in [1.29, 1.82) is 0 Å². The molecule has 0 unspecified atom stereocenters. The fraction of sp³-hybridized carbons (Fsp3) is 0.273. The maximum atomic E-state index is 14.0. The van der Waals surface area contributed by atoms with Crippen LogP contribution in [0.5, 0.6) is 5.75 Å². The van der Waals surface area contributed by atoms with Crippen molar-refractivity contribution in [3.05, 3.63) is 111 Å². The van der Waals surface area contributed by atoms with Crippen LogP contribution in [0.2, 0.25) is 10.0 Å². The number of halogens is 3. The highest BCUT2D eigenvalue weighted by atomic mass is 79.9. The van der Waals surface area contributed by atoms with Crippen LogP contribution in [0.3, 0.4) is 0 Å². The fourth-order valence-corrected chi connectivity index (χ4v) is 6.45. The summed E-state index contributed by atoms with van der Waals surface area (Å²) in [6.45, 7) is -0.198.